The number of carbonyl (C=O) groups is 2. The summed E-state index contributed by atoms with van der Waals surface area (Å²) in [6.07, 6.45) is 2.13. The van der Waals surface area contributed by atoms with Gasteiger partial charge in [0.1, 0.15) is 0 Å². The summed E-state index contributed by atoms with van der Waals surface area (Å²) in [6.45, 7) is 9.91. The van der Waals surface area contributed by atoms with Gasteiger partial charge in [-0.25, -0.2) is 13.1 Å². The van der Waals surface area contributed by atoms with Gasteiger partial charge >= 0.3 is 0 Å². The lowest BCUT2D eigenvalue weighted by molar-refractivity contribution is -0.130. The molecule has 34 heavy (non-hydrogen) atoms. The number of rotatable bonds is 9. The van der Waals surface area contributed by atoms with Gasteiger partial charge in [0.05, 0.1) is 4.90 Å². The molecule has 184 valence electrons. The summed E-state index contributed by atoms with van der Waals surface area (Å²) >= 11 is 0. The Hall–Kier alpha value is -2.71. The maximum atomic E-state index is 13.0. The maximum absolute atomic E-state index is 13.0. The second-order valence-corrected chi connectivity index (χ2v) is 11.0. The molecule has 2 aromatic carbocycles. The standard InChI is InChI=1S/C26H35N3O4S/c1-16-17(2)19(4)25(20(5)18(16)3)34(32,33)27-14-13-24(30)29(6)15-21-7-9-22(10-8-21)26(31)28-23-11-12-23/h7-10,23,27H,11-15H2,1-6H3,(H,28,31). The molecule has 0 atom stereocenters. The molecule has 2 aromatic rings. The molecule has 1 fully saturated rings. The zero-order valence-electron chi connectivity index (χ0n) is 20.9. The Morgan fingerprint density at radius 1 is 0.912 bits per heavy atom. The molecule has 0 aliphatic heterocycles. The molecule has 0 heterocycles. The number of hydrogen-bond donors (Lipinski definition) is 2. The Kier molecular flexibility index (Phi) is 7.83. The lowest BCUT2D eigenvalue weighted by Crippen LogP contribution is -2.32. The molecule has 0 unspecified atom stereocenters. The molecule has 0 aromatic heterocycles. The number of amides is 2. The van der Waals surface area contributed by atoms with Crippen LogP contribution < -0.4 is 10.0 Å². The first kappa shape index (κ1) is 25.9. The van der Waals surface area contributed by atoms with Crippen LogP contribution in [0.2, 0.25) is 0 Å². The van der Waals surface area contributed by atoms with E-state index in [9.17, 15) is 18.0 Å². The Morgan fingerprint density at radius 2 is 1.44 bits per heavy atom. The summed E-state index contributed by atoms with van der Waals surface area (Å²) in [6, 6.07) is 7.50. The zero-order chi connectivity index (χ0) is 25.2. The highest BCUT2D eigenvalue weighted by molar-refractivity contribution is 7.89. The van der Waals surface area contributed by atoms with Crippen molar-refractivity contribution in [3.05, 3.63) is 63.2 Å². The van der Waals surface area contributed by atoms with Gasteiger partial charge in [0.15, 0.2) is 0 Å². The van der Waals surface area contributed by atoms with Crippen molar-refractivity contribution in [3.8, 4) is 0 Å². The van der Waals surface area contributed by atoms with Crippen molar-refractivity contribution in [2.24, 2.45) is 0 Å². The zero-order valence-corrected chi connectivity index (χ0v) is 21.7. The van der Waals surface area contributed by atoms with Gasteiger partial charge in [-0.05, 0) is 93.0 Å². The lowest BCUT2D eigenvalue weighted by atomic mass is 9.95. The molecule has 0 spiro atoms. The molecule has 1 aliphatic rings. The molecule has 0 saturated heterocycles. The summed E-state index contributed by atoms with van der Waals surface area (Å²) in [5.41, 5.74) is 6.02. The smallest absolute Gasteiger partial charge is 0.251 e. The fourth-order valence-corrected chi connectivity index (χ4v) is 5.67. The number of hydrogen-bond acceptors (Lipinski definition) is 4. The predicted molar refractivity (Wildman–Crippen MR) is 133 cm³/mol. The normalized spacial score (nSPS) is 13.6. The Balaban J connectivity index is 1.56. The third kappa shape index (κ3) is 5.85. The average Bonchev–Trinajstić information content (AvgIpc) is 3.60. The fourth-order valence-electron chi connectivity index (χ4n) is 4.04. The van der Waals surface area contributed by atoms with E-state index in [1.165, 1.54) is 0 Å². The van der Waals surface area contributed by atoms with E-state index in [0.717, 1.165) is 46.2 Å². The second-order valence-electron chi connectivity index (χ2n) is 9.30. The molecular weight excluding hydrogens is 450 g/mol. The molecule has 0 bridgehead atoms. The summed E-state index contributed by atoms with van der Waals surface area (Å²) < 4.78 is 28.6. The van der Waals surface area contributed by atoms with Crippen LogP contribution in [-0.4, -0.2) is 44.8 Å². The Labute approximate surface area is 203 Å². The van der Waals surface area contributed by atoms with E-state index in [2.05, 4.69) is 10.0 Å². The van der Waals surface area contributed by atoms with Crippen LogP contribution in [-0.2, 0) is 21.4 Å². The van der Waals surface area contributed by atoms with E-state index in [4.69, 9.17) is 0 Å². The SMILES string of the molecule is Cc1c(C)c(C)c(S(=O)(=O)NCCC(=O)N(C)Cc2ccc(C(=O)NC3CC3)cc2)c(C)c1C. The summed E-state index contributed by atoms with van der Waals surface area (Å²) in [4.78, 5) is 26.6. The van der Waals surface area contributed by atoms with E-state index < -0.39 is 10.0 Å². The molecule has 2 N–H and O–H groups in total. The van der Waals surface area contributed by atoms with Crippen molar-refractivity contribution in [2.45, 2.75) is 71.4 Å². The molecule has 3 rings (SSSR count). The highest BCUT2D eigenvalue weighted by Gasteiger charge is 2.25. The highest BCUT2D eigenvalue weighted by Crippen LogP contribution is 2.29. The van der Waals surface area contributed by atoms with E-state index in [0.29, 0.717) is 23.0 Å². The Morgan fingerprint density at radius 3 is 1.97 bits per heavy atom. The van der Waals surface area contributed by atoms with Gasteiger partial charge in [0, 0.05) is 38.2 Å². The van der Waals surface area contributed by atoms with Gasteiger partial charge in [-0.15, -0.1) is 0 Å². The first-order valence-corrected chi connectivity index (χ1v) is 13.1. The van der Waals surface area contributed by atoms with Gasteiger partial charge < -0.3 is 10.2 Å². The van der Waals surface area contributed by atoms with E-state index >= 15 is 0 Å². The van der Waals surface area contributed by atoms with Crippen LogP contribution in [0.3, 0.4) is 0 Å². The summed E-state index contributed by atoms with van der Waals surface area (Å²) in [7, 11) is -2.05. The number of nitrogens with one attached hydrogen (secondary N) is 2. The van der Waals surface area contributed by atoms with Crippen molar-refractivity contribution < 1.29 is 18.0 Å². The molecule has 7 nitrogen and oxygen atoms in total. The first-order valence-electron chi connectivity index (χ1n) is 11.6. The monoisotopic (exact) mass is 485 g/mol. The third-order valence-corrected chi connectivity index (χ3v) is 8.54. The fraction of sp³-hybridized carbons (Fsp3) is 0.462. The quantitative estimate of drug-likeness (QED) is 0.569. The topological polar surface area (TPSA) is 95.6 Å². The van der Waals surface area contributed by atoms with E-state index in [-0.39, 0.29) is 24.8 Å². The third-order valence-electron chi connectivity index (χ3n) is 6.81. The van der Waals surface area contributed by atoms with Crippen molar-refractivity contribution >= 4 is 21.8 Å². The molecule has 1 saturated carbocycles. The largest absolute Gasteiger partial charge is 0.349 e. The molecule has 8 heteroatoms. The Bertz CT molecular complexity index is 1170. The van der Waals surface area contributed by atoms with Crippen molar-refractivity contribution in [3.63, 3.8) is 0 Å². The second kappa shape index (κ2) is 10.3. The van der Waals surface area contributed by atoms with Crippen LogP contribution in [0.5, 0.6) is 0 Å². The maximum Gasteiger partial charge on any atom is 0.251 e. The number of benzene rings is 2. The molecular formula is C26H35N3O4S. The van der Waals surface area contributed by atoms with Crippen LogP contribution in [0, 0.1) is 34.6 Å². The summed E-state index contributed by atoms with van der Waals surface area (Å²) in [5.74, 6) is -0.238. The van der Waals surface area contributed by atoms with Gasteiger partial charge in [0.25, 0.3) is 5.91 Å². The molecule has 0 radical (unpaired) electrons. The van der Waals surface area contributed by atoms with E-state index in [1.807, 2.05) is 46.8 Å². The average molecular weight is 486 g/mol. The lowest BCUT2D eigenvalue weighted by Gasteiger charge is -2.20. The van der Waals surface area contributed by atoms with Crippen LogP contribution in [0.25, 0.3) is 0 Å². The minimum atomic E-state index is -3.74. The van der Waals surface area contributed by atoms with Gasteiger partial charge in [-0.3, -0.25) is 9.59 Å². The van der Waals surface area contributed by atoms with Crippen LogP contribution in [0.15, 0.2) is 29.2 Å². The van der Waals surface area contributed by atoms with Gasteiger partial charge in [-0.1, -0.05) is 12.1 Å². The van der Waals surface area contributed by atoms with E-state index in [1.54, 1.807) is 24.1 Å². The highest BCUT2D eigenvalue weighted by atomic mass is 32.2. The van der Waals surface area contributed by atoms with Crippen molar-refractivity contribution in [2.75, 3.05) is 13.6 Å². The predicted octanol–water partition coefficient (Wildman–Crippen LogP) is 3.45. The molecule has 1 aliphatic carbocycles. The van der Waals surface area contributed by atoms with Crippen LogP contribution >= 0.6 is 0 Å². The van der Waals surface area contributed by atoms with Gasteiger partial charge in [0.2, 0.25) is 15.9 Å². The van der Waals surface area contributed by atoms with Crippen LogP contribution in [0.1, 0.15) is 63.0 Å². The number of sulfonamides is 1. The number of nitrogens with zero attached hydrogens (tertiary/aromatic N) is 1. The van der Waals surface area contributed by atoms with Crippen molar-refractivity contribution in [1.82, 2.24) is 14.9 Å². The molecule has 2 amide bonds. The van der Waals surface area contributed by atoms with Crippen molar-refractivity contribution in [1.29, 1.82) is 0 Å². The first-order chi connectivity index (χ1) is 15.9. The van der Waals surface area contributed by atoms with Gasteiger partial charge in [-0.2, -0.15) is 0 Å². The minimum absolute atomic E-state index is 0.0244. The minimum Gasteiger partial charge on any atom is -0.349 e. The van der Waals surface area contributed by atoms with Crippen LogP contribution in [0.4, 0.5) is 0 Å². The summed E-state index contributed by atoms with van der Waals surface area (Å²) in [5, 5.41) is 2.95. The number of carbonyl (C=O) groups excluding carboxylic acids is 2.